The summed E-state index contributed by atoms with van der Waals surface area (Å²) in [6.07, 6.45) is 3.59. The summed E-state index contributed by atoms with van der Waals surface area (Å²) in [6, 6.07) is 10.8. The van der Waals surface area contributed by atoms with Gasteiger partial charge in [0.25, 0.3) is 0 Å². The maximum absolute atomic E-state index is 13.4. The molecule has 2 aliphatic heterocycles. The first-order chi connectivity index (χ1) is 17.5. The fraction of sp³-hybridized carbons (Fsp3) is 0.444. The maximum Gasteiger partial charge on any atom is 0.336 e. The Morgan fingerprint density at radius 2 is 2.00 bits per heavy atom. The van der Waals surface area contributed by atoms with Gasteiger partial charge in [0.05, 0.1) is 24.8 Å². The van der Waals surface area contributed by atoms with E-state index < -0.39 is 11.9 Å². The van der Waals surface area contributed by atoms with Gasteiger partial charge in [-0.05, 0) is 49.1 Å². The molecule has 0 aliphatic carbocycles. The van der Waals surface area contributed by atoms with E-state index in [1.54, 1.807) is 37.3 Å². The van der Waals surface area contributed by atoms with Gasteiger partial charge in [0.2, 0.25) is 5.91 Å². The van der Waals surface area contributed by atoms with Gasteiger partial charge in [0.1, 0.15) is 24.1 Å². The third-order valence-electron chi connectivity index (χ3n) is 6.46. The molecule has 4 rings (SSSR count). The van der Waals surface area contributed by atoms with Crippen molar-refractivity contribution in [3.05, 3.63) is 70.1 Å². The van der Waals surface area contributed by atoms with Gasteiger partial charge in [-0.25, -0.2) is 9.78 Å². The number of amides is 1. The summed E-state index contributed by atoms with van der Waals surface area (Å²) >= 11 is 5.97. The number of ether oxygens (including phenoxy) is 4. The lowest BCUT2D eigenvalue weighted by molar-refractivity contribution is -0.141. The molecule has 1 fully saturated rings. The minimum atomic E-state index is -0.466. The molecule has 192 valence electrons. The normalized spacial score (nSPS) is 20.1. The second-order valence-electron chi connectivity index (χ2n) is 8.87. The van der Waals surface area contributed by atoms with E-state index in [1.165, 1.54) is 0 Å². The lowest BCUT2D eigenvalue weighted by Crippen LogP contribution is -2.42. The number of methoxy groups -OCH3 is 1. The predicted octanol–water partition coefficient (Wildman–Crippen LogP) is 4.27. The Hall–Kier alpha value is -2.94. The molecule has 0 N–H and O–H groups in total. The average molecular weight is 515 g/mol. The summed E-state index contributed by atoms with van der Waals surface area (Å²) in [5, 5.41) is 0.348. The van der Waals surface area contributed by atoms with Crippen molar-refractivity contribution >= 4 is 23.5 Å². The van der Waals surface area contributed by atoms with Crippen LogP contribution in [0.4, 0.5) is 0 Å². The van der Waals surface area contributed by atoms with Crippen molar-refractivity contribution < 1.29 is 28.5 Å². The summed E-state index contributed by atoms with van der Waals surface area (Å²) in [4.78, 5) is 32.4. The zero-order valence-corrected chi connectivity index (χ0v) is 21.3. The lowest BCUT2D eigenvalue weighted by Gasteiger charge is -2.35. The number of benzene rings is 1. The van der Waals surface area contributed by atoms with Crippen molar-refractivity contribution in [2.75, 3.05) is 33.5 Å². The average Bonchev–Trinajstić information content (AvgIpc) is 3.39. The van der Waals surface area contributed by atoms with Crippen LogP contribution in [-0.2, 0) is 30.4 Å². The third kappa shape index (κ3) is 6.43. The summed E-state index contributed by atoms with van der Waals surface area (Å²) in [7, 11) is 1.62. The molecule has 3 heterocycles. The van der Waals surface area contributed by atoms with E-state index in [2.05, 4.69) is 4.98 Å². The number of pyridine rings is 1. The van der Waals surface area contributed by atoms with Crippen molar-refractivity contribution in [2.45, 2.75) is 44.8 Å². The van der Waals surface area contributed by atoms with Crippen molar-refractivity contribution in [3.63, 3.8) is 0 Å². The highest BCUT2D eigenvalue weighted by Crippen LogP contribution is 2.37. The van der Waals surface area contributed by atoms with E-state index in [9.17, 15) is 9.59 Å². The Morgan fingerprint density at radius 3 is 2.67 bits per heavy atom. The van der Waals surface area contributed by atoms with Crippen molar-refractivity contribution in [2.24, 2.45) is 0 Å². The zero-order valence-electron chi connectivity index (χ0n) is 20.6. The number of rotatable bonds is 10. The molecule has 0 unspecified atom stereocenters. The quantitative estimate of drug-likeness (QED) is 0.266. The monoisotopic (exact) mass is 514 g/mol. The lowest BCUT2D eigenvalue weighted by atomic mass is 9.84. The number of hydrogen-bond donors (Lipinski definition) is 0. The summed E-state index contributed by atoms with van der Waals surface area (Å²) < 4.78 is 22.0. The van der Waals surface area contributed by atoms with Crippen LogP contribution in [0.1, 0.15) is 43.2 Å². The Bertz CT molecular complexity index is 1080. The number of allylic oxidation sites excluding steroid dienone is 1. The van der Waals surface area contributed by atoms with Gasteiger partial charge in [-0.2, -0.15) is 0 Å². The molecule has 2 aliphatic rings. The molecule has 36 heavy (non-hydrogen) atoms. The van der Waals surface area contributed by atoms with Crippen LogP contribution in [-0.4, -0.2) is 61.3 Å². The highest BCUT2D eigenvalue weighted by Gasteiger charge is 2.38. The van der Waals surface area contributed by atoms with Gasteiger partial charge >= 0.3 is 5.97 Å². The molecule has 8 nitrogen and oxygen atoms in total. The maximum atomic E-state index is 13.4. The van der Waals surface area contributed by atoms with Gasteiger partial charge in [0, 0.05) is 37.9 Å². The molecular weight excluding hydrogens is 484 g/mol. The number of carbonyl (C=O) groups is 2. The molecular formula is C27H31ClN2O6. The third-order valence-corrected chi connectivity index (χ3v) is 6.68. The molecule has 2 aromatic rings. The highest BCUT2D eigenvalue weighted by atomic mass is 35.5. The van der Waals surface area contributed by atoms with Gasteiger partial charge in [-0.1, -0.05) is 29.8 Å². The standard InChI is InChI=1S/C27H31ClN2O6/c1-18-26(27(32)36-17-19-5-8-21(9-6-19)35-13-12-33-2)23(20-7-10-24(28)29-15-20)14-25(31)30(18)16-22-4-3-11-34-22/h5-10,15,22-23H,3-4,11-14,16-17H2,1-2H3/t22-,23+/m1/s1. The molecule has 1 amide bonds. The molecule has 9 heteroatoms. The Labute approximate surface area is 216 Å². The van der Waals surface area contributed by atoms with Crippen LogP contribution in [0.15, 0.2) is 53.9 Å². The fourth-order valence-electron chi connectivity index (χ4n) is 4.52. The molecule has 2 atom stereocenters. The largest absolute Gasteiger partial charge is 0.491 e. The van der Waals surface area contributed by atoms with Crippen LogP contribution in [0.25, 0.3) is 0 Å². The first-order valence-corrected chi connectivity index (χ1v) is 12.5. The van der Waals surface area contributed by atoms with Gasteiger partial charge in [-0.3, -0.25) is 4.79 Å². The van der Waals surface area contributed by atoms with Crippen LogP contribution in [0.3, 0.4) is 0 Å². The SMILES string of the molecule is COCCOc1ccc(COC(=O)C2=C(C)N(C[C@H]3CCCO3)C(=O)C[C@H]2c2ccc(Cl)nc2)cc1. The highest BCUT2D eigenvalue weighted by molar-refractivity contribution is 6.29. The van der Waals surface area contributed by atoms with Crippen molar-refractivity contribution in [1.82, 2.24) is 9.88 Å². The van der Waals surface area contributed by atoms with Crippen LogP contribution in [0, 0.1) is 0 Å². The molecule has 1 aromatic heterocycles. The minimum Gasteiger partial charge on any atom is -0.491 e. The zero-order chi connectivity index (χ0) is 25.5. The minimum absolute atomic E-state index is 0.0282. The molecule has 1 saturated heterocycles. The van der Waals surface area contributed by atoms with Gasteiger partial charge in [0.15, 0.2) is 0 Å². The molecule has 0 spiro atoms. The number of esters is 1. The second kappa shape index (κ2) is 12.3. The van der Waals surface area contributed by atoms with E-state index in [-0.39, 0.29) is 25.0 Å². The van der Waals surface area contributed by atoms with Crippen LogP contribution in [0.5, 0.6) is 5.75 Å². The van der Waals surface area contributed by atoms with E-state index in [0.717, 1.165) is 24.0 Å². The fourth-order valence-corrected chi connectivity index (χ4v) is 4.63. The van der Waals surface area contributed by atoms with E-state index in [1.807, 2.05) is 24.3 Å². The molecule has 1 aromatic carbocycles. The number of nitrogens with zero attached hydrogens (tertiary/aromatic N) is 2. The summed E-state index contributed by atoms with van der Waals surface area (Å²) in [6.45, 7) is 3.98. The van der Waals surface area contributed by atoms with E-state index >= 15 is 0 Å². The molecule has 0 saturated carbocycles. The van der Waals surface area contributed by atoms with Crippen LogP contribution < -0.4 is 4.74 Å². The first kappa shape index (κ1) is 26.1. The molecule has 0 radical (unpaired) electrons. The number of carbonyl (C=O) groups excluding carboxylic acids is 2. The number of halogens is 1. The topological polar surface area (TPSA) is 87.2 Å². The van der Waals surface area contributed by atoms with Crippen LogP contribution >= 0.6 is 11.6 Å². The Balaban J connectivity index is 1.52. The number of aromatic nitrogens is 1. The van der Waals surface area contributed by atoms with Gasteiger partial charge < -0.3 is 23.8 Å². The van der Waals surface area contributed by atoms with Crippen molar-refractivity contribution in [3.8, 4) is 5.75 Å². The summed E-state index contributed by atoms with van der Waals surface area (Å²) in [5.74, 6) is -0.264. The van der Waals surface area contributed by atoms with Crippen molar-refractivity contribution in [1.29, 1.82) is 0 Å². The van der Waals surface area contributed by atoms with E-state index in [0.29, 0.717) is 48.5 Å². The summed E-state index contributed by atoms with van der Waals surface area (Å²) in [5.41, 5.74) is 2.62. The van der Waals surface area contributed by atoms with E-state index in [4.69, 9.17) is 30.5 Å². The second-order valence-corrected chi connectivity index (χ2v) is 9.26. The molecule has 0 bridgehead atoms. The Morgan fingerprint density at radius 1 is 1.19 bits per heavy atom. The smallest absolute Gasteiger partial charge is 0.336 e. The Kier molecular flexibility index (Phi) is 8.96. The van der Waals surface area contributed by atoms with Gasteiger partial charge in [-0.15, -0.1) is 0 Å². The predicted molar refractivity (Wildman–Crippen MR) is 134 cm³/mol. The number of hydrogen-bond acceptors (Lipinski definition) is 7. The van der Waals surface area contributed by atoms with Crippen LogP contribution in [0.2, 0.25) is 5.15 Å². The first-order valence-electron chi connectivity index (χ1n) is 12.1.